The van der Waals surface area contributed by atoms with Crippen molar-refractivity contribution in [2.24, 2.45) is 10.8 Å². The Kier molecular flexibility index (Phi) is 4.27. The highest BCUT2D eigenvalue weighted by molar-refractivity contribution is 5.67. The van der Waals surface area contributed by atoms with E-state index in [9.17, 15) is 5.11 Å². The number of fused-ring (bicyclic) bond motifs is 2. The number of benzene rings is 1. The fraction of sp³-hybridized carbons (Fsp3) is 0.455. The molecule has 2 fully saturated rings. The van der Waals surface area contributed by atoms with Crippen LogP contribution in [0.5, 0.6) is 11.8 Å². The first-order chi connectivity index (χ1) is 14.4. The molecule has 3 aromatic rings. The van der Waals surface area contributed by atoms with Gasteiger partial charge in [-0.1, -0.05) is 18.9 Å². The second-order valence-electron chi connectivity index (χ2n) is 9.20. The summed E-state index contributed by atoms with van der Waals surface area (Å²) in [7, 11) is 0. The topological polar surface area (TPSA) is 86.0 Å². The second kappa shape index (κ2) is 6.75. The van der Waals surface area contributed by atoms with Crippen molar-refractivity contribution in [2.45, 2.75) is 51.8 Å². The van der Waals surface area contributed by atoms with Gasteiger partial charge in [-0.2, -0.15) is 0 Å². The number of alkyl halides is 1. The molecule has 2 heterocycles. The first-order valence-electron chi connectivity index (χ1n) is 10.2. The van der Waals surface area contributed by atoms with Crippen LogP contribution >= 0.6 is 0 Å². The van der Waals surface area contributed by atoms with Gasteiger partial charge in [0.15, 0.2) is 0 Å². The van der Waals surface area contributed by atoms with Gasteiger partial charge in [0, 0.05) is 29.4 Å². The lowest BCUT2D eigenvalue weighted by atomic mass is 9.68. The molecule has 30 heavy (non-hydrogen) atoms. The van der Waals surface area contributed by atoms with E-state index in [0.29, 0.717) is 17.7 Å². The molecule has 156 valence electrons. The normalized spacial score (nSPS) is 30.4. The summed E-state index contributed by atoms with van der Waals surface area (Å²) in [5.41, 5.74) is 1.46. The molecular formula is C22H24FN5O2. The van der Waals surface area contributed by atoms with E-state index < -0.39 is 12.3 Å². The van der Waals surface area contributed by atoms with Gasteiger partial charge in [0.05, 0.1) is 18.2 Å². The van der Waals surface area contributed by atoms with E-state index in [2.05, 4.69) is 27.1 Å². The number of imidazole rings is 1. The molecular weight excluding hydrogens is 385 g/mol. The molecule has 2 saturated carbocycles. The molecule has 4 atom stereocenters. The minimum atomic E-state index is -1.05. The van der Waals surface area contributed by atoms with Crippen LogP contribution in [0.4, 0.5) is 4.39 Å². The number of rotatable bonds is 4. The van der Waals surface area contributed by atoms with Crippen LogP contribution in [-0.4, -0.2) is 42.1 Å². The van der Waals surface area contributed by atoms with Gasteiger partial charge in [0.1, 0.15) is 23.7 Å². The molecule has 1 aromatic carbocycles. The summed E-state index contributed by atoms with van der Waals surface area (Å²) >= 11 is 0. The number of hydrogen-bond donors (Lipinski definition) is 1. The lowest BCUT2D eigenvalue weighted by Crippen LogP contribution is -2.46. The van der Waals surface area contributed by atoms with Crippen molar-refractivity contribution in [3.63, 3.8) is 0 Å². The van der Waals surface area contributed by atoms with Crippen molar-refractivity contribution in [2.75, 3.05) is 0 Å². The quantitative estimate of drug-likeness (QED) is 0.698. The van der Waals surface area contributed by atoms with Gasteiger partial charge in [-0.25, -0.2) is 14.4 Å². The molecule has 0 amide bonds. The average Bonchev–Trinajstić information content (AvgIpc) is 3.34. The second-order valence-corrected chi connectivity index (χ2v) is 9.20. The Balaban J connectivity index is 1.34. The zero-order chi connectivity index (χ0) is 20.9. The Bertz CT molecular complexity index is 1060. The van der Waals surface area contributed by atoms with E-state index in [0.717, 1.165) is 24.9 Å². The highest BCUT2D eigenvalue weighted by Gasteiger charge is 2.56. The van der Waals surface area contributed by atoms with Crippen molar-refractivity contribution < 1.29 is 14.2 Å². The predicted octanol–water partition coefficient (Wildman–Crippen LogP) is 4.12. The monoisotopic (exact) mass is 409 g/mol. The lowest BCUT2D eigenvalue weighted by molar-refractivity contribution is -0.0451. The number of nitrogens with zero attached hydrogens (tertiary/aromatic N) is 5. The number of halogens is 1. The zero-order valence-electron chi connectivity index (χ0n) is 17.0. The number of aromatic hydroxyl groups is 1. The van der Waals surface area contributed by atoms with E-state index in [1.54, 1.807) is 35.4 Å². The Morgan fingerprint density at radius 1 is 1.23 bits per heavy atom. The molecule has 0 aliphatic heterocycles. The molecule has 2 aromatic heterocycles. The van der Waals surface area contributed by atoms with E-state index in [-0.39, 0.29) is 22.6 Å². The van der Waals surface area contributed by atoms with Crippen LogP contribution in [-0.2, 0) is 0 Å². The maximum atomic E-state index is 15.1. The predicted molar refractivity (Wildman–Crippen MR) is 108 cm³/mol. The Morgan fingerprint density at radius 2 is 2.10 bits per heavy atom. The third-order valence-electron chi connectivity index (χ3n) is 6.67. The molecule has 0 unspecified atom stereocenters. The maximum Gasteiger partial charge on any atom is 0.336 e. The number of ether oxygens (including phenoxy) is 1. The summed E-state index contributed by atoms with van der Waals surface area (Å²) in [5, 5.41) is 18.6. The smallest absolute Gasteiger partial charge is 0.336 e. The molecule has 0 radical (unpaired) electrons. The van der Waals surface area contributed by atoms with Crippen LogP contribution in [0.1, 0.15) is 39.5 Å². The fourth-order valence-corrected chi connectivity index (χ4v) is 5.17. The Hall–Kier alpha value is -3.03. The van der Waals surface area contributed by atoms with Gasteiger partial charge in [0.2, 0.25) is 0 Å². The van der Waals surface area contributed by atoms with Gasteiger partial charge in [0.25, 0.3) is 0 Å². The zero-order valence-corrected chi connectivity index (χ0v) is 17.0. The minimum Gasteiger partial charge on any atom is -0.507 e. The molecule has 0 spiro atoms. The summed E-state index contributed by atoms with van der Waals surface area (Å²) in [5.74, 6) is 0.0551. The van der Waals surface area contributed by atoms with Crippen LogP contribution in [0.25, 0.3) is 16.9 Å². The van der Waals surface area contributed by atoms with Gasteiger partial charge in [-0.15, -0.1) is 5.10 Å². The fourth-order valence-electron chi connectivity index (χ4n) is 5.17. The third kappa shape index (κ3) is 3.20. The van der Waals surface area contributed by atoms with E-state index in [1.807, 2.05) is 13.0 Å². The van der Waals surface area contributed by atoms with Crippen molar-refractivity contribution in [1.29, 1.82) is 0 Å². The summed E-state index contributed by atoms with van der Waals surface area (Å²) in [6.45, 7) is 4.22. The number of aromatic nitrogens is 5. The highest BCUT2D eigenvalue weighted by Crippen LogP contribution is 2.59. The van der Waals surface area contributed by atoms with Crippen molar-refractivity contribution >= 4 is 0 Å². The van der Waals surface area contributed by atoms with Crippen LogP contribution in [0.15, 0.2) is 43.1 Å². The standard InChI is InChI=1S/C22H24FN5O2/c1-21-5-6-22(2,12-21)19(23)18(10-21)30-20-25-11-16(26-27-20)15-4-3-14(9-17(15)29)28-8-7-24-13-28/h3-4,7-9,11,13,18-19,29H,5-6,10,12H2,1-2H3/t18-,19-,21-,22-/m1/s1. The van der Waals surface area contributed by atoms with Crippen LogP contribution in [0.3, 0.4) is 0 Å². The largest absolute Gasteiger partial charge is 0.507 e. The average molecular weight is 409 g/mol. The van der Waals surface area contributed by atoms with Crippen LogP contribution in [0, 0.1) is 10.8 Å². The summed E-state index contributed by atoms with van der Waals surface area (Å²) < 4.78 is 22.7. The summed E-state index contributed by atoms with van der Waals surface area (Å²) in [6, 6.07) is 5.27. The molecule has 2 aliphatic rings. The van der Waals surface area contributed by atoms with Crippen molar-refractivity contribution in [3.8, 4) is 28.7 Å². The molecule has 2 aliphatic carbocycles. The molecule has 0 saturated heterocycles. The van der Waals surface area contributed by atoms with Crippen molar-refractivity contribution in [3.05, 3.63) is 43.1 Å². The van der Waals surface area contributed by atoms with E-state index in [1.165, 1.54) is 6.20 Å². The summed E-state index contributed by atoms with van der Waals surface area (Å²) in [4.78, 5) is 8.23. The molecule has 7 nitrogen and oxygen atoms in total. The van der Waals surface area contributed by atoms with Gasteiger partial charge in [-0.3, -0.25) is 0 Å². The lowest BCUT2D eigenvalue weighted by Gasteiger charge is -2.42. The molecule has 1 N–H and O–H groups in total. The molecule has 8 heteroatoms. The molecule has 5 rings (SSSR count). The highest BCUT2D eigenvalue weighted by atomic mass is 19.1. The number of hydrogen-bond acceptors (Lipinski definition) is 6. The number of phenols is 1. The SMILES string of the molecule is C[C@]12CC[C@](C)(C1)[C@H](F)[C@H](Oc1ncc(-c3ccc(-n4ccnc4)cc3O)nn1)C2. The van der Waals surface area contributed by atoms with Crippen molar-refractivity contribution in [1.82, 2.24) is 24.7 Å². The Labute approximate surface area is 174 Å². The van der Waals surface area contributed by atoms with Crippen LogP contribution in [0.2, 0.25) is 0 Å². The van der Waals surface area contributed by atoms with E-state index >= 15 is 4.39 Å². The first-order valence-corrected chi connectivity index (χ1v) is 10.2. The van der Waals surface area contributed by atoms with Gasteiger partial charge in [-0.05, 0) is 43.2 Å². The first kappa shape index (κ1) is 19.0. The van der Waals surface area contributed by atoms with Gasteiger partial charge >= 0.3 is 6.01 Å². The third-order valence-corrected chi connectivity index (χ3v) is 6.67. The molecule has 2 bridgehead atoms. The van der Waals surface area contributed by atoms with E-state index in [4.69, 9.17) is 4.74 Å². The number of phenolic OH excluding ortho intramolecular Hbond substituents is 1. The van der Waals surface area contributed by atoms with Crippen LogP contribution < -0.4 is 4.74 Å². The maximum absolute atomic E-state index is 15.1. The minimum absolute atomic E-state index is 0.0551. The Morgan fingerprint density at radius 3 is 2.80 bits per heavy atom. The van der Waals surface area contributed by atoms with Gasteiger partial charge < -0.3 is 14.4 Å². The summed E-state index contributed by atoms with van der Waals surface area (Å²) in [6.07, 6.45) is 8.45.